The lowest BCUT2D eigenvalue weighted by molar-refractivity contribution is -0.187. The van der Waals surface area contributed by atoms with Gasteiger partial charge in [-0.15, -0.1) is 0 Å². The van der Waals surface area contributed by atoms with E-state index in [9.17, 15) is 31.1 Å². The maximum atomic E-state index is 12.7. The predicted molar refractivity (Wildman–Crippen MR) is 57.5 cm³/mol. The van der Waals surface area contributed by atoms with Gasteiger partial charge < -0.3 is 9.84 Å². The monoisotopic (exact) mass is 312 g/mol. The van der Waals surface area contributed by atoms with Crippen molar-refractivity contribution in [1.29, 1.82) is 0 Å². The number of aliphatic carboxylic acids is 1. The third-order valence-corrected chi connectivity index (χ3v) is 2.72. The topological polar surface area (TPSA) is 46.5 Å². The Labute approximate surface area is 113 Å². The van der Waals surface area contributed by atoms with Gasteiger partial charge in [0.2, 0.25) is 6.10 Å². The number of hydrogen-bond acceptors (Lipinski definition) is 2. The molecule has 1 N–H and O–H groups in total. The van der Waals surface area contributed by atoms with E-state index in [0.29, 0.717) is 18.2 Å². The van der Waals surface area contributed by atoms with Gasteiger partial charge in [0.15, 0.2) is 0 Å². The van der Waals surface area contributed by atoms with Crippen LogP contribution in [0.3, 0.4) is 0 Å². The summed E-state index contributed by atoms with van der Waals surface area (Å²) < 4.78 is 80.1. The smallest absolute Gasteiger partial charge is 0.430 e. The molecule has 0 saturated carbocycles. The van der Waals surface area contributed by atoms with E-state index in [0.717, 1.165) is 6.07 Å². The Hall–Kier alpha value is -2.19. The molecular weight excluding hydrogens is 306 g/mol. The van der Waals surface area contributed by atoms with Gasteiger partial charge in [-0.05, 0) is 18.2 Å². The van der Waals surface area contributed by atoms with Crippen LogP contribution in [-0.4, -0.2) is 23.4 Å². The van der Waals surface area contributed by atoms with E-state index in [1.165, 1.54) is 0 Å². The van der Waals surface area contributed by atoms with Crippen LogP contribution < -0.4 is 4.74 Å². The van der Waals surface area contributed by atoms with Crippen LogP contribution in [0, 0.1) is 0 Å². The van der Waals surface area contributed by atoms with E-state index in [1.54, 1.807) is 0 Å². The van der Waals surface area contributed by atoms with Crippen molar-refractivity contribution in [2.75, 3.05) is 0 Å². The molecule has 1 aliphatic heterocycles. The van der Waals surface area contributed by atoms with Crippen molar-refractivity contribution in [1.82, 2.24) is 0 Å². The number of carbonyl (C=O) groups is 1. The first-order chi connectivity index (χ1) is 9.50. The van der Waals surface area contributed by atoms with Gasteiger partial charge in [-0.1, -0.05) is 6.07 Å². The Bertz CT molecular complexity index is 614. The van der Waals surface area contributed by atoms with Crippen LogP contribution in [0.5, 0.6) is 5.75 Å². The number of carboxylic acid groups (broad SMARTS) is 1. The van der Waals surface area contributed by atoms with Crippen molar-refractivity contribution in [3.8, 4) is 5.75 Å². The maximum absolute atomic E-state index is 12.7. The zero-order valence-electron chi connectivity index (χ0n) is 9.92. The first kappa shape index (κ1) is 15.2. The van der Waals surface area contributed by atoms with Gasteiger partial charge in [0, 0.05) is 5.56 Å². The van der Waals surface area contributed by atoms with Gasteiger partial charge in [-0.3, -0.25) is 0 Å². The van der Waals surface area contributed by atoms with E-state index < -0.39 is 41.3 Å². The fourth-order valence-electron chi connectivity index (χ4n) is 1.78. The highest BCUT2D eigenvalue weighted by molar-refractivity contribution is 5.95. The van der Waals surface area contributed by atoms with Crippen LogP contribution in [-0.2, 0) is 11.0 Å². The third-order valence-electron chi connectivity index (χ3n) is 2.72. The minimum absolute atomic E-state index is 0.166. The molecule has 0 bridgehead atoms. The number of fused-ring (bicyclic) bond motifs is 1. The van der Waals surface area contributed by atoms with Crippen LogP contribution in [0.2, 0.25) is 0 Å². The Morgan fingerprint density at radius 3 is 2.24 bits per heavy atom. The third kappa shape index (κ3) is 2.96. The normalized spacial score (nSPS) is 18.6. The fourth-order valence-corrected chi connectivity index (χ4v) is 1.78. The number of halogens is 6. The Balaban J connectivity index is 2.53. The molecule has 21 heavy (non-hydrogen) atoms. The Morgan fingerprint density at radius 1 is 1.14 bits per heavy atom. The summed E-state index contributed by atoms with van der Waals surface area (Å²) in [6, 6.07) is 1.89. The molecule has 1 aromatic carbocycles. The average molecular weight is 312 g/mol. The van der Waals surface area contributed by atoms with Crippen molar-refractivity contribution in [2.24, 2.45) is 0 Å². The van der Waals surface area contributed by atoms with Gasteiger partial charge in [-0.25, -0.2) is 4.79 Å². The molecule has 0 fully saturated rings. The lowest BCUT2D eigenvalue weighted by atomic mass is 10.00. The number of hydrogen-bond donors (Lipinski definition) is 1. The number of alkyl halides is 6. The molecule has 1 unspecified atom stereocenters. The van der Waals surface area contributed by atoms with Crippen molar-refractivity contribution in [3.05, 3.63) is 34.9 Å². The summed E-state index contributed by atoms with van der Waals surface area (Å²) in [4.78, 5) is 10.8. The first-order valence-corrected chi connectivity index (χ1v) is 5.39. The summed E-state index contributed by atoms with van der Waals surface area (Å²) in [6.45, 7) is 0. The molecular formula is C12H6F6O3. The second kappa shape index (κ2) is 4.68. The zero-order chi connectivity index (χ0) is 16.0. The molecule has 1 atom stereocenters. The van der Waals surface area contributed by atoms with E-state index in [-0.39, 0.29) is 5.56 Å². The highest BCUT2D eigenvalue weighted by Crippen LogP contribution is 2.40. The second-order valence-electron chi connectivity index (χ2n) is 4.19. The van der Waals surface area contributed by atoms with Crippen LogP contribution in [0.1, 0.15) is 11.1 Å². The fraction of sp³-hybridized carbons (Fsp3) is 0.250. The first-order valence-electron chi connectivity index (χ1n) is 5.39. The van der Waals surface area contributed by atoms with Gasteiger partial charge in [0.1, 0.15) is 5.75 Å². The van der Waals surface area contributed by atoms with Gasteiger partial charge in [0.05, 0.1) is 11.1 Å². The lowest BCUT2D eigenvalue weighted by Gasteiger charge is -2.27. The zero-order valence-corrected chi connectivity index (χ0v) is 9.92. The summed E-state index contributed by atoms with van der Waals surface area (Å²) in [5.74, 6) is -2.53. The standard InChI is InChI=1S/C12H6F6O3/c13-11(14,15)6-2-1-5-3-7(10(19)20)9(12(16,17)18)21-8(5)4-6/h1-4,9H,(H,19,20). The van der Waals surface area contributed by atoms with Crippen LogP contribution in [0.25, 0.3) is 6.08 Å². The highest BCUT2D eigenvalue weighted by atomic mass is 19.4. The summed E-state index contributed by atoms with van der Waals surface area (Å²) in [7, 11) is 0. The van der Waals surface area contributed by atoms with E-state index in [4.69, 9.17) is 5.11 Å². The van der Waals surface area contributed by atoms with Crippen molar-refractivity contribution >= 4 is 12.0 Å². The summed E-state index contributed by atoms with van der Waals surface area (Å²) in [5.41, 5.74) is -2.44. The van der Waals surface area contributed by atoms with Crippen molar-refractivity contribution < 1.29 is 41.0 Å². The number of benzene rings is 1. The number of rotatable bonds is 1. The molecule has 0 spiro atoms. The second-order valence-corrected chi connectivity index (χ2v) is 4.19. The highest BCUT2D eigenvalue weighted by Gasteiger charge is 2.48. The summed E-state index contributed by atoms with van der Waals surface area (Å²) >= 11 is 0. The molecule has 0 saturated heterocycles. The molecule has 1 aromatic rings. The largest absolute Gasteiger partial charge is 0.478 e. The van der Waals surface area contributed by atoms with Crippen LogP contribution in [0.15, 0.2) is 23.8 Å². The summed E-state index contributed by atoms with van der Waals surface area (Å²) in [6.07, 6.45) is -12.0. The molecule has 9 heteroatoms. The van der Waals surface area contributed by atoms with Crippen LogP contribution in [0.4, 0.5) is 26.3 Å². The average Bonchev–Trinajstić information content (AvgIpc) is 2.34. The van der Waals surface area contributed by atoms with Crippen LogP contribution >= 0.6 is 0 Å². The van der Waals surface area contributed by atoms with E-state index in [2.05, 4.69) is 4.74 Å². The molecule has 1 aliphatic rings. The quantitative estimate of drug-likeness (QED) is 0.807. The van der Waals surface area contributed by atoms with E-state index >= 15 is 0 Å². The van der Waals surface area contributed by atoms with Gasteiger partial charge in [0.25, 0.3) is 0 Å². The van der Waals surface area contributed by atoms with Crippen molar-refractivity contribution in [3.63, 3.8) is 0 Å². The summed E-state index contributed by atoms with van der Waals surface area (Å²) in [5, 5.41) is 8.75. The van der Waals surface area contributed by atoms with Gasteiger partial charge in [-0.2, -0.15) is 26.3 Å². The number of carboxylic acids is 1. The minimum atomic E-state index is -5.06. The van der Waals surface area contributed by atoms with Gasteiger partial charge >= 0.3 is 18.3 Å². The molecule has 2 rings (SSSR count). The molecule has 0 aromatic heterocycles. The van der Waals surface area contributed by atoms with Crippen molar-refractivity contribution in [2.45, 2.75) is 18.5 Å². The molecule has 0 aliphatic carbocycles. The predicted octanol–water partition coefficient (Wildman–Crippen LogP) is 3.50. The molecule has 0 radical (unpaired) electrons. The maximum Gasteiger partial charge on any atom is 0.430 e. The molecule has 3 nitrogen and oxygen atoms in total. The molecule has 0 amide bonds. The lowest BCUT2D eigenvalue weighted by Crippen LogP contribution is -2.40. The molecule has 114 valence electrons. The molecule has 1 heterocycles. The Kier molecular flexibility index (Phi) is 3.38. The Morgan fingerprint density at radius 2 is 1.76 bits per heavy atom. The minimum Gasteiger partial charge on any atom is -0.478 e. The van der Waals surface area contributed by atoms with E-state index in [1.807, 2.05) is 0 Å². The number of ether oxygens (including phenoxy) is 1. The SMILES string of the molecule is O=C(O)C1=Cc2ccc(C(F)(F)F)cc2OC1C(F)(F)F.